The first-order chi connectivity index (χ1) is 7.42. The topological polar surface area (TPSA) is 37.3 Å². The van der Waals surface area contributed by atoms with E-state index < -0.39 is 11.4 Å². The van der Waals surface area contributed by atoms with Gasteiger partial charge in [0.05, 0.1) is 5.41 Å². The summed E-state index contributed by atoms with van der Waals surface area (Å²) in [5.41, 5.74) is -0.639. The minimum absolute atomic E-state index is 0.639. The highest BCUT2D eigenvalue weighted by Gasteiger charge is 2.25. The lowest BCUT2D eigenvalue weighted by Gasteiger charge is -2.17. The zero-order chi connectivity index (χ0) is 12.2. The Morgan fingerprint density at radius 2 is 2.31 bits per heavy atom. The van der Waals surface area contributed by atoms with Crippen LogP contribution in [0.1, 0.15) is 31.6 Å². The van der Waals surface area contributed by atoms with E-state index in [1.54, 1.807) is 25.2 Å². The molecular weight excluding hydrogens is 288 g/mol. The number of carbonyl (C=O) groups is 1. The van der Waals surface area contributed by atoms with Crippen LogP contribution < -0.4 is 0 Å². The summed E-state index contributed by atoms with van der Waals surface area (Å²) in [5, 5.41) is 11.0. The summed E-state index contributed by atoms with van der Waals surface area (Å²) in [4.78, 5) is 12.0. The predicted molar refractivity (Wildman–Crippen MR) is 71.7 cm³/mol. The Balaban J connectivity index is 2.41. The Hall–Kier alpha value is -0.610. The maximum Gasteiger partial charge on any atom is 0.309 e. The number of carboxylic acid groups (broad SMARTS) is 1. The van der Waals surface area contributed by atoms with E-state index >= 15 is 0 Å². The van der Waals surface area contributed by atoms with Crippen LogP contribution >= 0.6 is 27.3 Å². The van der Waals surface area contributed by atoms with Gasteiger partial charge in [-0.05, 0) is 54.8 Å². The van der Waals surface area contributed by atoms with Crippen molar-refractivity contribution >= 4 is 39.3 Å². The summed E-state index contributed by atoms with van der Waals surface area (Å²) in [6, 6.07) is 2.05. The molecule has 0 bridgehead atoms. The van der Waals surface area contributed by atoms with E-state index in [1.165, 1.54) is 4.88 Å². The zero-order valence-electron chi connectivity index (χ0n) is 9.37. The van der Waals surface area contributed by atoms with Crippen LogP contribution in [0.3, 0.4) is 0 Å². The molecule has 1 heterocycles. The monoisotopic (exact) mass is 302 g/mol. The average molecular weight is 303 g/mol. The molecule has 1 N–H and O–H groups in total. The van der Waals surface area contributed by atoms with E-state index in [0.717, 1.165) is 10.9 Å². The molecule has 0 saturated heterocycles. The van der Waals surface area contributed by atoms with Gasteiger partial charge in [-0.3, -0.25) is 4.79 Å². The predicted octanol–water partition coefficient (Wildman–Crippen LogP) is 4.41. The molecule has 0 radical (unpaired) electrons. The van der Waals surface area contributed by atoms with Crippen molar-refractivity contribution in [1.29, 1.82) is 0 Å². The van der Waals surface area contributed by atoms with E-state index in [9.17, 15) is 4.79 Å². The molecule has 0 unspecified atom stereocenters. The molecule has 4 heteroatoms. The van der Waals surface area contributed by atoms with Crippen LogP contribution in [-0.2, 0) is 4.79 Å². The minimum atomic E-state index is -0.736. The third kappa shape index (κ3) is 4.10. The van der Waals surface area contributed by atoms with Gasteiger partial charge < -0.3 is 5.11 Å². The van der Waals surface area contributed by atoms with Gasteiger partial charge in [0.2, 0.25) is 0 Å². The van der Waals surface area contributed by atoms with Crippen molar-refractivity contribution < 1.29 is 9.90 Å². The summed E-state index contributed by atoms with van der Waals surface area (Å²) in [6.45, 7) is 3.51. The molecule has 16 heavy (non-hydrogen) atoms. The fourth-order valence-electron chi connectivity index (χ4n) is 1.17. The SMILES string of the molecule is CC(C)(CC/C=C/c1cc(Br)cs1)C(=O)O. The van der Waals surface area contributed by atoms with E-state index in [4.69, 9.17) is 5.11 Å². The Morgan fingerprint density at radius 1 is 1.62 bits per heavy atom. The van der Waals surface area contributed by atoms with Gasteiger partial charge in [0.1, 0.15) is 0 Å². The molecule has 1 aromatic rings. The van der Waals surface area contributed by atoms with Crippen molar-refractivity contribution in [2.45, 2.75) is 26.7 Å². The van der Waals surface area contributed by atoms with Crippen LogP contribution in [0.2, 0.25) is 0 Å². The molecule has 0 aromatic carbocycles. The third-order valence-corrected chi connectivity index (χ3v) is 4.04. The van der Waals surface area contributed by atoms with Crippen LogP contribution in [-0.4, -0.2) is 11.1 Å². The fourth-order valence-corrected chi connectivity index (χ4v) is 2.53. The number of thiophene rings is 1. The van der Waals surface area contributed by atoms with E-state index in [1.807, 2.05) is 23.6 Å². The van der Waals surface area contributed by atoms with Crippen molar-refractivity contribution in [3.05, 3.63) is 26.9 Å². The molecule has 0 saturated carbocycles. The van der Waals surface area contributed by atoms with E-state index in [0.29, 0.717) is 6.42 Å². The maximum atomic E-state index is 10.9. The Labute approximate surface area is 108 Å². The van der Waals surface area contributed by atoms with Gasteiger partial charge in [0.15, 0.2) is 0 Å². The molecule has 0 aliphatic rings. The van der Waals surface area contributed by atoms with Crippen molar-refractivity contribution in [1.82, 2.24) is 0 Å². The molecule has 0 amide bonds. The molecule has 1 rings (SSSR count). The Morgan fingerprint density at radius 3 is 2.81 bits per heavy atom. The molecule has 0 spiro atoms. The second-order valence-electron chi connectivity index (χ2n) is 4.30. The largest absolute Gasteiger partial charge is 0.481 e. The fraction of sp³-hybridized carbons (Fsp3) is 0.417. The second-order valence-corrected chi connectivity index (χ2v) is 6.16. The number of carboxylic acids is 1. The summed E-state index contributed by atoms with van der Waals surface area (Å²) >= 11 is 5.05. The quantitative estimate of drug-likeness (QED) is 0.874. The van der Waals surface area contributed by atoms with E-state index in [2.05, 4.69) is 15.9 Å². The molecule has 2 nitrogen and oxygen atoms in total. The van der Waals surface area contributed by atoms with Gasteiger partial charge in [-0.2, -0.15) is 0 Å². The summed E-state index contributed by atoms with van der Waals surface area (Å²) in [7, 11) is 0. The van der Waals surface area contributed by atoms with Gasteiger partial charge in [-0.25, -0.2) is 0 Å². The molecule has 0 aliphatic carbocycles. The van der Waals surface area contributed by atoms with Crippen LogP contribution in [0.25, 0.3) is 6.08 Å². The van der Waals surface area contributed by atoms with Crippen molar-refractivity contribution in [2.75, 3.05) is 0 Å². The molecule has 1 aromatic heterocycles. The zero-order valence-corrected chi connectivity index (χ0v) is 11.8. The van der Waals surface area contributed by atoms with Crippen LogP contribution in [0, 0.1) is 5.41 Å². The average Bonchev–Trinajstić information content (AvgIpc) is 2.59. The van der Waals surface area contributed by atoms with Crippen LogP contribution in [0.5, 0.6) is 0 Å². The van der Waals surface area contributed by atoms with Gasteiger partial charge >= 0.3 is 5.97 Å². The number of aliphatic carboxylic acids is 1. The van der Waals surface area contributed by atoms with Gasteiger partial charge in [-0.1, -0.05) is 6.08 Å². The second kappa shape index (κ2) is 5.64. The lowest BCUT2D eigenvalue weighted by Crippen LogP contribution is -2.22. The smallest absolute Gasteiger partial charge is 0.309 e. The number of hydrogen-bond acceptors (Lipinski definition) is 2. The van der Waals surface area contributed by atoms with Crippen LogP contribution in [0.4, 0.5) is 0 Å². The standard InChI is InChI=1S/C12H15BrO2S/c1-12(2,11(14)15)6-4-3-5-10-7-9(13)8-16-10/h3,5,7-8H,4,6H2,1-2H3,(H,14,15)/b5-3+. The van der Waals surface area contributed by atoms with Gasteiger partial charge in [0.25, 0.3) is 0 Å². The number of rotatable bonds is 5. The first kappa shape index (κ1) is 13.5. The van der Waals surface area contributed by atoms with Gasteiger partial charge in [0, 0.05) is 14.7 Å². The molecule has 0 aliphatic heterocycles. The summed E-state index contributed by atoms with van der Waals surface area (Å²) in [6.07, 6.45) is 5.51. The van der Waals surface area contributed by atoms with Crippen molar-refractivity contribution in [3.63, 3.8) is 0 Å². The lowest BCUT2D eigenvalue weighted by molar-refractivity contribution is -0.147. The number of allylic oxidation sites excluding steroid dienone is 1. The molecule has 0 fully saturated rings. The lowest BCUT2D eigenvalue weighted by atomic mass is 9.88. The highest BCUT2D eigenvalue weighted by Crippen LogP contribution is 2.24. The first-order valence-electron chi connectivity index (χ1n) is 5.06. The third-order valence-electron chi connectivity index (χ3n) is 2.38. The number of hydrogen-bond donors (Lipinski definition) is 1. The maximum absolute atomic E-state index is 10.9. The molecule has 88 valence electrons. The molecular formula is C12H15BrO2S. The normalized spacial score (nSPS) is 12.2. The first-order valence-corrected chi connectivity index (χ1v) is 6.73. The Bertz CT molecular complexity index is 393. The summed E-state index contributed by atoms with van der Waals surface area (Å²) < 4.78 is 1.09. The molecule has 0 atom stereocenters. The van der Waals surface area contributed by atoms with Crippen molar-refractivity contribution in [2.24, 2.45) is 5.41 Å². The van der Waals surface area contributed by atoms with E-state index in [-0.39, 0.29) is 0 Å². The van der Waals surface area contributed by atoms with Crippen LogP contribution in [0.15, 0.2) is 22.0 Å². The Kier molecular flexibility index (Phi) is 4.74. The van der Waals surface area contributed by atoms with Gasteiger partial charge in [-0.15, -0.1) is 11.3 Å². The number of halogens is 1. The highest BCUT2D eigenvalue weighted by atomic mass is 79.9. The van der Waals surface area contributed by atoms with Crippen molar-refractivity contribution in [3.8, 4) is 0 Å². The minimum Gasteiger partial charge on any atom is -0.481 e. The highest BCUT2D eigenvalue weighted by molar-refractivity contribution is 9.10. The summed E-state index contributed by atoms with van der Waals surface area (Å²) in [5.74, 6) is -0.736.